The van der Waals surface area contributed by atoms with E-state index in [4.69, 9.17) is 9.47 Å². The Kier molecular flexibility index (Phi) is 5.13. The molecule has 0 radical (unpaired) electrons. The maximum atomic E-state index is 12.3. The molecule has 0 aliphatic carbocycles. The lowest BCUT2D eigenvalue weighted by molar-refractivity contribution is 0.0600. The minimum absolute atomic E-state index is 0.318. The Morgan fingerprint density at radius 3 is 1.35 bits per heavy atom. The summed E-state index contributed by atoms with van der Waals surface area (Å²) in [5, 5.41) is 0. The average Bonchev–Trinajstić information content (AvgIpc) is 2.73. The summed E-state index contributed by atoms with van der Waals surface area (Å²) in [5.41, 5.74) is 3.76. The maximum Gasteiger partial charge on any atom is 0.338 e. The Labute approximate surface area is 152 Å². The third-order valence-corrected chi connectivity index (χ3v) is 4.14. The summed E-state index contributed by atoms with van der Waals surface area (Å²) >= 11 is 0. The van der Waals surface area contributed by atoms with Gasteiger partial charge in [0, 0.05) is 0 Å². The van der Waals surface area contributed by atoms with Gasteiger partial charge in [-0.2, -0.15) is 0 Å². The number of carbonyl (C=O) groups is 2. The van der Waals surface area contributed by atoms with Gasteiger partial charge < -0.3 is 9.47 Å². The highest BCUT2D eigenvalue weighted by Gasteiger charge is 2.22. The van der Waals surface area contributed by atoms with Gasteiger partial charge in [0.15, 0.2) is 0 Å². The molecule has 3 rings (SSSR count). The van der Waals surface area contributed by atoms with Gasteiger partial charge in [-0.1, -0.05) is 60.7 Å². The Bertz CT molecular complexity index is 856. The van der Waals surface area contributed by atoms with E-state index in [2.05, 4.69) is 0 Å². The summed E-state index contributed by atoms with van der Waals surface area (Å²) < 4.78 is 9.84. The largest absolute Gasteiger partial charge is 0.465 e. The Morgan fingerprint density at radius 2 is 1.00 bits per heavy atom. The van der Waals surface area contributed by atoms with E-state index in [1.165, 1.54) is 14.2 Å². The lowest BCUT2D eigenvalue weighted by Gasteiger charge is -2.15. The van der Waals surface area contributed by atoms with Gasteiger partial charge in [0.25, 0.3) is 0 Å². The topological polar surface area (TPSA) is 52.6 Å². The van der Waals surface area contributed by atoms with Gasteiger partial charge in [0.2, 0.25) is 0 Å². The number of rotatable bonds is 4. The molecule has 0 atom stereocenters. The van der Waals surface area contributed by atoms with Crippen molar-refractivity contribution in [3.8, 4) is 22.3 Å². The van der Waals surface area contributed by atoms with Crippen molar-refractivity contribution >= 4 is 11.9 Å². The highest BCUT2D eigenvalue weighted by Crippen LogP contribution is 2.33. The van der Waals surface area contributed by atoms with E-state index >= 15 is 0 Å². The summed E-state index contributed by atoms with van der Waals surface area (Å²) in [6.07, 6.45) is 0. The Balaban J connectivity index is 2.33. The Morgan fingerprint density at radius 1 is 0.615 bits per heavy atom. The third-order valence-electron chi connectivity index (χ3n) is 4.14. The molecule has 0 aliphatic rings. The molecule has 0 N–H and O–H groups in total. The van der Waals surface area contributed by atoms with Crippen LogP contribution in [-0.2, 0) is 9.47 Å². The number of ether oxygens (including phenoxy) is 2. The van der Waals surface area contributed by atoms with Gasteiger partial charge in [-0.25, -0.2) is 9.59 Å². The first-order valence-corrected chi connectivity index (χ1v) is 8.11. The average molecular weight is 346 g/mol. The molecule has 4 nitrogen and oxygen atoms in total. The second-order valence-electron chi connectivity index (χ2n) is 5.66. The highest BCUT2D eigenvalue weighted by atomic mass is 16.5. The number of hydrogen-bond donors (Lipinski definition) is 0. The molecule has 0 saturated carbocycles. The van der Waals surface area contributed by atoms with Crippen molar-refractivity contribution in [3.63, 3.8) is 0 Å². The zero-order valence-electron chi connectivity index (χ0n) is 14.6. The van der Waals surface area contributed by atoms with Gasteiger partial charge in [0.05, 0.1) is 25.3 Å². The van der Waals surface area contributed by atoms with E-state index in [0.717, 1.165) is 11.1 Å². The minimum atomic E-state index is -0.506. The number of esters is 2. The maximum absolute atomic E-state index is 12.3. The van der Waals surface area contributed by atoms with Crippen molar-refractivity contribution in [2.45, 2.75) is 0 Å². The van der Waals surface area contributed by atoms with Crippen LogP contribution in [0.2, 0.25) is 0 Å². The molecular weight excluding hydrogens is 328 g/mol. The molecule has 0 spiro atoms. The van der Waals surface area contributed by atoms with Gasteiger partial charge in [0.1, 0.15) is 0 Å². The van der Waals surface area contributed by atoms with E-state index in [9.17, 15) is 9.59 Å². The summed E-state index contributed by atoms with van der Waals surface area (Å²) in [7, 11) is 2.64. The van der Waals surface area contributed by atoms with Crippen molar-refractivity contribution in [1.82, 2.24) is 0 Å². The molecular formula is C22H18O4. The zero-order chi connectivity index (χ0) is 18.5. The summed E-state index contributed by atoms with van der Waals surface area (Å²) in [6, 6.07) is 22.4. The van der Waals surface area contributed by atoms with Crippen LogP contribution in [0.4, 0.5) is 0 Å². The van der Waals surface area contributed by atoms with E-state index in [1.807, 2.05) is 66.7 Å². The van der Waals surface area contributed by atoms with Gasteiger partial charge in [-0.15, -0.1) is 0 Å². The quantitative estimate of drug-likeness (QED) is 0.648. The van der Waals surface area contributed by atoms with E-state index in [-0.39, 0.29) is 0 Å². The number of hydrogen-bond acceptors (Lipinski definition) is 4. The van der Waals surface area contributed by atoms with Crippen LogP contribution < -0.4 is 0 Å². The molecule has 0 amide bonds. The van der Waals surface area contributed by atoms with Crippen LogP contribution in [0.25, 0.3) is 22.3 Å². The molecule has 3 aromatic carbocycles. The highest BCUT2D eigenvalue weighted by molar-refractivity contribution is 6.05. The zero-order valence-corrected chi connectivity index (χ0v) is 14.6. The standard InChI is InChI=1S/C22H18O4/c1-25-21(23)19-14-20(22(24)26-2)18(16-11-7-4-8-12-16)13-17(19)15-9-5-3-6-10-15/h3-14H,1-2H3. The van der Waals surface area contributed by atoms with E-state index in [0.29, 0.717) is 22.3 Å². The number of benzene rings is 3. The van der Waals surface area contributed by atoms with Crippen molar-refractivity contribution in [3.05, 3.63) is 83.9 Å². The van der Waals surface area contributed by atoms with Gasteiger partial charge >= 0.3 is 11.9 Å². The molecule has 0 bridgehead atoms. The minimum Gasteiger partial charge on any atom is -0.465 e. The second-order valence-corrected chi connectivity index (χ2v) is 5.66. The van der Waals surface area contributed by atoms with Crippen molar-refractivity contribution < 1.29 is 19.1 Å². The predicted octanol–water partition coefficient (Wildman–Crippen LogP) is 4.59. The summed E-state index contributed by atoms with van der Waals surface area (Å²) in [4.78, 5) is 24.7. The molecule has 0 aromatic heterocycles. The molecule has 0 aliphatic heterocycles. The second kappa shape index (κ2) is 7.66. The molecule has 3 aromatic rings. The molecule has 0 fully saturated rings. The van der Waals surface area contributed by atoms with Crippen LogP contribution in [0.1, 0.15) is 20.7 Å². The van der Waals surface area contributed by atoms with Crippen molar-refractivity contribution in [1.29, 1.82) is 0 Å². The van der Waals surface area contributed by atoms with Crippen molar-refractivity contribution in [2.24, 2.45) is 0 Å². The SMILES string of the molecule is COC(=O)c1cc(C(=O)OC)c(-c2ccccc2)cc1-c1ccccc1. The molecule has 4 heteroatoms. The van der Waals surface area contributed by atoms with Crippen LogP contribution in [0.3, 0.4) is 0 Å². The fraction of sp³-hybridized carbons (Fsp3) is 0.0909. The number of methoxy groups -OCH3 is 2. The van der Waals surface area contributed by atoms with Crippen LogP contribution in [0, 0.1) is 0 Å². The van der Waals surface area contributed by atoms with Crippen LogP contribution in [-0.4, -0.2) is 26.2 Å². The number of carbonyl (C=O) groups excluding carboxylic acids is 2. The smallest absolute Gasteiger partial charge is 0.338 e. The van der Waals surface area contributed by atoms with E-state index < -0.39 is 11.9 Å². The van der Waals surface area contributed by atoms with Crippen molar-refractivity contribution in [2.75, 3.05) is 14.2 Å². The van der Waals surface area contributed by atoms with Crippen LogP contribution in [0.5, 0.6) is 0 Å². The first-order valence-electron chi connectivity index (χ1n) is 8.11. The van der Waals surface area contributed by atoms with Gasteiger partial charge in [-0.3, -0.25) is 0 Å². The molecule has 0 heterocycles. The normalized spacial score (nSPS) is 10.2. The molecule has 26 heavy (non-hydrogen) atoms. The monoisotopic (exact) mass is 346 g/mol. The van der Waals surface area contributed by atoms with Crippen LogP contribution >= 0.6 is 0 Å². The molecule has 130 valence electrons. The fourth-order valence-corrected chi connectivity index (χ4v) is 2.87. The Hall–Kier alpha value is -3.40. The van der Waals surface area contributed by atoms with Crippen LogP contribution in [0.15, 0.2) is 72.8 Å². The molecule has 0 saturated heterocycles. The molecule has 0 unspecified atom stereocenters. The summed E-state index contributed by atoms with van der Waals surface area (Å²) in [5.74, 6) is -1.01. The lowest BCUT2D eigenvalue weighted by Crippen LogP contribution is -2.10. The predicted molar refractivity (Wildman–Crippen MR) is 100.0 cm³/mol. The third kappa shape index (κ3) is 3.35. The lowest BCUT2D eigenvalue weighted by atomic mass is 9.90. The first-order chi connectivity index (χ1) is 12.7. The fourth-order valence-electron chi connectivity index (χ4n) is 2.87. The van der Waals surface area contributed by atoms with Gasteiger partial charge in [-0.05, 0) is 34.4 Å². The van der Waals surface area contributed by atoms with E-state index in [1.54, 1.807) is 6.07 Å². The summed E-state index contributed by atoms with van der Waals surface area (Å²) in [6.45, 7) is 0. The first kappa shape index (κ1) is 17.4.